The van der Waals surface area contributed by atoms with Crippen LogP contribution >= 0.6 is 0 Å². The Kier molecular flexibility index (Phi) is 15.0. The summed E-state index contributed by atoms with van der Waals surface area (Å²) in [4.78, 5) is 0. The number of nitrogens with one attached hydrogen (secondary N) is 2. The van der Waals surface area contributed by atoms with Gasteiger partial charge in [-0.05, 0) is 51.3 Å². The summed E-state index contributed by atoms with van der Waals surface area (Å²) in [5.74, 6) is 1.99. The third-order valence-corrected chi connectivity index (χ3v) is 9.70. The molecule has 6 heteroatoms. The predicted molar refractivity (Wildman–Crippen MR) is 222 cm³/mol. The SMILES string of the molecule is C/C=C\C(=C(/C)OCc1ccc(C)cc1)c1cccc(CNC(CCCC)CNCc2cccc(-c3ccccc3OCc3ccc(C)cc3)c2O)c1O. The van der Waals surface area contributed by atoms with Gasteiger partial charge in [-0.2, -0.15) is 0 Å². The Morgan fingerprint density at radius 2 is 1.35 bits per heavy atom. The highest BCUT2D eigenvalue weighted by Crippen LogP contribution is 2.38. The van der Waals surface area contributed by atoms with Crippen molar-refractivity contribution < 1.29 is 19.7 Å². The van der Waals surface area contributed by atoms with E-state index in [0.29, 0.717) is 32.8 Å². The van der Waals surface area contributed by atoms with Crippen LogP contribution in [0.25, 0.3) is 16.7 Å². The highest BCUT2D eigenvalue weighted by molar-refractivity contribution is 5.80. The first-order chi connectivity index (χ1) is 26.3. The summed E-state index contributed by atoms with van der Waals surface area (Å²) in [5, 5.41) is 30.3. The number of ether oxygens (including phenoxy) is 2. The molecule has 0 spiro atoms. The van der Waals surface area contributed by atoms with Crippen molar-refractivity contribution in [2.75, 3.05) is 6.54 Å². The number of hydrogen-bond donors (Lipinski definition) is 4. The molecule has 0 saturated carbocycles. The number of aryl methyl sites for hydroxylation is 2. The van der Waals surface area contributed by atoms with Gasteiger partial charge in [0.25, 0.3) is 0 Å². The molecule has 0 heterocycles. The van der Waals surface area contributed by atoms with Crippen LogP contribution < -0.4 is 15.4 Å². The number of phenolic OH excluding ortho intramolecular Hbond substituents is 2. The van der Waals surface area contributed by atoms with Crippen LogP contribution in [0.15, 0.2) is 127 Å². The molecule has 5 aromatic carbocycles. The molecule has 54 heavy (non-hydrogen) atoms. The Morgan fingerprint density at radius 3 is 2.04 bits per heavy atom. The fraction of sp³-hybridized carbons (Fsp3) is 0.292. The summed E-state index contributed by atoms with van der Waals surface area (Å²) < 4.78 is 12.4. The molecule has 5 rings (SSSR count). The molecule has 0 aliphatic heterocycles. The van der Waals surface area contributed by atoms with E-state index in [1.165, 1.54) is 11.1 Å². The summed E-state index contributed by atoms with van der Waals surface area (Å²) in [7, 11) is 0. The summed E-state index contributed by atoms with van der Waals surface area (Å²) in [6.45, 7) is 12.9. The molecule has 0 amide bonds. The molecule has 1 atom stereocenters. The van der Waals surface area contributed by atoms with Gasteiger partial charge in [0.2, 0.25) is 0 Å². The van der Waals surface area contributed by atoms with Crippen molar-refractivity contribution in [2.45, 2.75) is 86.2 Å². The van der Waals surface area contributed by atoms with Crippen molar-refractivity contribution in [3.8, 4) is 28.4 Å². The molecule has 0 radical (unpaired) electrons. The van der Waals surface area contributed by atoms with Crippen LogP contribution in [0, 0.1) is 13.8 Å². The van der Waals surface area contributed by atoms with Crippen molar-refractivity contribution in [2.24, 2.45) is 0 Å². The summed E-state index contributed by atoms with van der Waals surface area (Å²) in [6.07, 6.45) is 7.12. The topological polar surface area (TPSA) is 83.0 Å². The number of hydrogen-bond acceptors (Lipinski definition) is 6. The number of para-hydroxylation sites is 3. The molecule has 0 aromatic heterocycles. The smallest absolute Gasteiger partial charge is 0.128 e. The lowest BCUT2D eigenvalue weighted by Crippen LogP contribution is -2.38. The second kappa shape index (κ2) is 20.2. The molecule has 1 unspecified atom stereocenters. The molecule has 4 N–H and O–H groups in total. The largest absolute Gasteiger partial charge is 0.507 e. The Balaban J connectivity index is 1.23. The lowest BCUT2D eigenvalue weighted by molar-refractivity contribution is 0.202. The first-order valence-corrected chi connectivity index (χ1v) is 19.1. The van der Waals surface area contributed by atoms with E-state index in [1.54, 1.807) is 0 Å². The van der Waals surface area contributed by atoms with Crippen molar-refractivity contribution >= 4 is 5.57 Å². The van der Waals surface area contributed by atoms with Crippen molar-refractivity contribution in [3.05, 3.63) is 166 Å². The lowest BCUT2D eigenvalue weighted by Gasteiger charge is -2.21. The first kappa shape index (κ1) is 39.9. The molecule has 6 nitrogen and oxygen atoms in total. The zero-order valence-electron chi connectivity index (χ0n) is 32.5. The standard InChI is InChI=1S/C48H56N2O4/c1-6-8-16-41(50-30-40-15-12-18-44(48(40)52)42(13-7-2)36(5)53-32-37-25-21-34(3)22-26-37)31-49-29-39-14-11-19-45(47(39)51)43-17-9-10-20-46(43)54-33-38-27-23-35(4)24-28-38/h7,9-15,17-28,41,49-52H,6,8,16,29-33H2,1-5H3/b13-7-,42-36-. The van der Waals surface area contributed by atoms with Crippen LogP contribution in [0.3, 0.4) is 0 Å². The van der Waals surface area contributed by atoms with Gasteiger partial charge in [0, 0.05) is 59.1 Å². The molecule has 0 aliphatic rings. The predicted octanol–water partition coefficient (Wildman–Crippen LogP) is 10.9. The minimum atomic E-state index is 0.166. The van der Waals surface area contributed by atoms with Gasteiger partial charge in [-0.1, -0.05) is 146 Å². The van der Waals surface area contributed by atoms with Crippen molar-refractivity contribution in [1.82, 2.24) is 10.6 Å². The zero-order chi connectivity index (χ0) is 38.3. The third-order valence-electron chi connectivity index (χ3n) is 9.70. The molecular formula is C48H56N2O4. The number of unbranched alkanes of at least 4 members (excludes halogenated alkanes) is 1. The maximum absolute atomic E-state index is 11.5. The molecular weight excluding hydrogens is 669 g/mol. The number of phenols is 2. The maximum atomic E-state index is 11.5. The molecule has 282 valence electrons. The first-order valence-electron chi connectivity index (χ1n) is 19.1. The third kappa shape index (κ3) is 11.1. The Labute approximate surface area is 322 Å². The fourth-order valence-electron chi connectivity index (χ4n) is 6.44. The number of allylic oxidation sites excluding steroid dienone is 4. The van der Waals surface area contributed by atoms with Gasteiger partial charge in [-0.15, -0.1) is 0 Å². The molecule has 0 bridgehead atoms. The zero-order valence-corrected chi connectivity index (χ0v) is 32.5. The van der Waals surface area contributed by atoms with E-state index in [2.05, 4.69) is 79.9 Å². The summed E-state index contributed by atoms with van der Waals surface area (Å²) in [6, 6.07) is 36.5. The Bertz CT molecular complexity index is 2000. The van der Waals surface area contributed by atoms with E-state index in [9.17, 15) is 10.2 Å². The van der Waals surface area contributed by atoms with Crippen LogP contribution in [-0.2, 0) is 31.0 Å². The normalized spacial score (nSPS) is 12.5. The second-order valence-electron chi connectivity index (χ2n) is 14.0. The van der Waals surface area contributed by atoms with Crippen molar-refractivity contribution in [3.63, 3.8) is 0 Å². The van der Waals surface area contributed by atoms with Gasteiger partial charge in [-0.25, -0.2) is 0 Å². The van der Waals surface area contributed by atoms with E-state index < -0.39 is 0 Å². The quantitative estimate of drug-likeness (QED) is 0.0501. The van der Waals surface area contributed by atoms with Gasteiger partial charge in [0.1, 0.15) is 36.2 Å². The van der Waals surface area contributed by atoms with E-state index in [4.69, 9.17) is 9.47 Å². The average Bonchev–Trinajstić information content (AvgIpc) is 3.18. The molecule has 0 saturated heterocycles. The Hall–Kier alpha value is -5.30. The van der Waals surface area contributed by atoms with Crippen LogP contribution in [-0.4, -0.2) is 22.8 Å². The van der Waals surface area contributed by atoms with E-state index in [1.807, 2.05) is 86.7 Å². The van der Waals surface area contributed by atoms with Crippen LogP contribution in [0.2, 0.25) is 0 Å². The fourth-order valence-corrected chi connectivity index (χ4v) is 6.44. The average molecular weight is 725 g/mol. The minimum absolute atomic E-state index is 0.166. The number of benzene rings is 5. The molecule has 0 fully saturated rings. The molecule has 0 aliphatic carbocycles. The summed E-state index contributed by atoms with van der Waals surface area (Å²) >= 11 is 0. The van der Waals surface area contributed by atoms with Crippen molar-refractivity contribution in [1.29, 1.82) is 0 Å². The van der Waals surface area contributed by atoms with E-state index in [-0.39, 0.29) is 17.5 Å². The van der Waals surface area contributed by atoms with Gasteiger partial charge in [0.05, 0.1) is 0 Å². The van der Waals surface area contributed by atoms with Gasteiger partial charge >= 0.3 is 0 Å². The van der Waals surface area contributed by atoms with Gasteiger partial charge in [-0.3, -0.25) is 0 Å². The maximum Gasteiger partial charge on any atom is 0.128 e. The monoisotopic (exact) mass is 724 g/mol. The van der Waals surface area contributed by atoms with E-state index >= 15 is 0 Å². The van der Waals surface area contributed by atoms with E-state index in [0.717, 1.165) is 75.3 Å². The number of aromatic hydroxyl groups is 2. The van der Waals surface area contributed by atoms with Crippen LogP contribution in [0.5, 0.6) is 17.2 Å². The second-order valence-corrected chi connectivity index (χ2v) is 14.0. The summed E-state index contributed by atoms with van der Waals surface area (Å²) in [5.41, 5.74) is 9.47. The van der Waals surface area contributed by atoms with Crippen LogP contribution in [0.4, 0.5) is 0 Å². The van der Waals surface area contributed by atoms with Crippen LogP contribution in [0.1, 0.15) is 79.0 Å². The lowest BCUT2D eigenvalue weighted by atomic mass is 9.99. The number of rotatable bonds is 19. The van der Waals surface area contributed by atoms with Gasteiger partial charge < -0.3 is 30.3 Å². The molecule has 5 aromatic rings. The van der Waals surface area contributed by atoms with Gasteiger partial charge in [0.15, 0.2) is 0 Å². The highest BCUT2D eigenvalue weighted by atomic mass is 16.5. The minimum Gasteiger partial charge on any atom is -0.507 e. The highest BCUT2D eigenvalue weighted by Gasteiger charge is 2.17. The Morgan fingerprint density at radius 1 is 0.722 bits per heavy atom.